The van der Waals surface area contributed by atoms with Crippen LogP contribution < -0.4 is 5.73 Å². The number of nitrogens with zero attached hydrogens (tertiary/aromatic N) is 2. The lowest BCUT2D eigenvalue weighted by atomic mass is 10.3. The maximum atomic E-state index is 5.71. The molecule has 2 aromatic rings. The summed E-state index contributed by atoms with van der Waals surface area (Å²) in [6.45, 7) is 6.49. The first kappa shape index (κ1) is 11.7. The summed E-state index contributed by atoms with van der Waals surface area (Å²) in [5.74, 6) is 2.08. The van der Waals surface area contributed by atoms with Crippen LogP contribution in [0.1, 0.15) is 18.7 Å². The van der Waals surface area contributed by atoms with Crippen molar-refractivity contribution in [3.8, 4) is 0 Å². The Bertz CT molecular complexity index is 505. The third-order valence-electron chi connectivity index (χ3n) is 2.05. The highest BCUT2D eigenvalue weighted by atomic mass is 32.2. The number of rotatable bonds is 3. The maximum absolute atomic E-state index is 5.71. The highest BCUT2D eigenvalue weighted by Crippen LogP contribution is 2.32. The van der Waals surface area contributed by atoms with E-state index in [-0.39, 0.29) is 0 Å². The van der Waals surface area contributed by atoms with Gasteiger partial charge in [-0.05, 0) is 18.9 Å². The lowest BCUT2D eigenvalue weighted by Gasteiger charge is -2.05. The van der Waals surface area contributed by atoms with E-state index in [0.717, 1.165) is 21.0 Å². The minimum atomic E-state index is 0.376. The van der Waals surface area contributed by atoms with Gasteiger partial charge in [0.05, 0.1) is 0 Å². The molecular formula is C11H15N3S2. The summed E-state index contributed by atoms with van der Waals surface area (Å²) in [7, 11) is 0. The molecule has 0 unspecified atom stereocenters. The predicted octanol–water partition coefficient (Wildman–Crippen LogP) is 3.33. The molecule has 0 radical (unpaired) electrons. The summed E-state index contributed by atoms with van der Waals surface area (Å²) in [6, 6.07) is 2.14. The molecule has 0 bridgehead atoms. The Hall–Kier alpha value is -0.810. The second-order valence-electron chi connectivity index (χ2n) is 4.17. The molecule has 0 aliphatic heterocycles. The Kier molecular flexibility index (Phi) is 3.35. The summed E-state index contributed by atoms with van der Waals surface area (Å²) < 4.78 is 0. The first-order chi connectivity index (χ1) is 7.56. The van der Waals surface area contributed by atoms with Gasteiger partial charge in [0.1, 0.15) is 9.86 Å². The fourth-order valence-electron chi connectivity index (χ4n) is 1.39. The molecule has 0 aromatic carbocycles. The first-order valence-electron chi connectivity index (χ1n) is 5.22. The summed E-state index contributed by atoms with van der Waals surface area (Å²) in [6.07, 6.45) is 0. The van der Waals surface area contributed by atoms with Crippen LogP contribution in [-0.2, 0) is 0 Å². The van der Waals surface area contributed by atoms with Crippen molar-refractivity contribution in [2.24, 2.45) is 5.92 Å². The van der Waals surface area contributed by atoms with Gasteiger partial charge in [-0.3, -0.25) is 0 Å². The number of thioether (sulfide) groups is 1. The third kappa shape index (κ3) is 2.47. The van der Waals surface area contributed by atoms with Crippen molar-refractivity contribution in [3.05, 3.63) is 10.9 Å². The number of hydrogen-bond donors (Lipinski definition) is 1. The third-order valence-corrected chi connectivity index (χ3v) is 4.41. The Morgan fingerprint density at radius 2 is 2.19 bits per heavy atom. The quantitative estimate of drug-likeness (QED) is 0.673. The van der Waals surface area contributed by atoms with Crippen LogP contribution in [0.15, 0.2) is 11.1 Å². The number of nitrogens with two attached hydrogens (primary N) is 1. The van der Waals surface area contributed by atoms with E-state index in [0.29, 0.717) is 11.9 Å². The highest BCUT2D eigenvalue weighted by molar-refractivity contribution is 7.99. The molecule has 0 aliphatic rings. The zero-order valence-corrected chi connectivity index (χ0v) is 11.3. The van der Waals surface area contributed by atoms with Gasteiger partial charge in [0.15, 0.2) is 0 Å². The van der Waals surface area contributed by atoms with Crippen molar-refractivity contribution in [2.45, 2.75) is 25.8 Å². The van der Waals surface area contributed by atoms with Crippen LogP contribution in [0.2, 0.25) is 0 Å². The van der Waals surface area contributed by atoms with Gasteiger partial charge >= 0.3 is 0 Å². The molecule has 16 heavy (non-hydrogen) atoms. The fourth-order valence-corrected chi connectivity index (χ4v) is 3.30. The topological polar surface area (TPSA) is 51.8 Å². The zero-order chi connectivity index (χ0) is 11.7. The normalized spacial score (nSPS) is 11.5. The van der Waals surface area contributed by atoms with Crippen LogP contribution in [0, 0.1) is 12.8 Å². The van der Waals surface area contributed by atoms with Gasteiger partial charge in [-0.1, -0.05) is 13.8 Å². The molecule has 0 aliphatic carbocycles. The Labute approximate surface area is 103 Å². The summed E-state index contributed by atoms with van der Waals surface area (Å²) in [4.78, 5) is 10.8. The fraction of sp³-hybridized carbons (Fsp3) is 0.455. The van der Waals surface area contributed by atoms with Gasteiger partial charge in [0, 0.05) is 16.0 Å². The number of anilines is 1. The van der Waals surface area contributed by atoms with E-state index in [4.69, 9.17) is 5.73 Å². The lowest BCUT2D eigenvalue weighted by molar-refractivity contribution is 0.749. The van der Waals surface area contributed by atoms with Crippen LogP contribution in [0.4, 0.5) is 5.95 Å². The van der Waals surface area contributed by atoms with E-state index < -0.39 is 0 Å². The number of aromatic nitrogens is 2. The van der Waals surface area contributed by atoms with Crippen molar-refractivity contribution in [2.75, 3.05) is 11.5 Å². The zero-order valence-electron chi connectivity index (χ0n) is 9.65. The van der Waals surface area contributed by atoms with E-state index in [1.807, 2.05) is 0 Å². The van der Waals surface area contributed by atoms with Crippen LogP contribution in [0.3, 0.4) is 0 Å². The SMILES string of the molecule is Cc1cc2c(SCC(C)C)nc(N)nc2s1. The summed E-state index contributed by atoms with van der Waals surface area (Å²) >= 11 is 3.43. The lowest BCUT2D eigenvalue weighted by Crippen LogP contribution is -1.97. The van der Waals surface area contributed by atoms with Gasteiger partial charge in [-0.2, -0.15) is 0 Å². The van der Waals surface area contributed by atoms with E-state index >= 15 is 0 Å². The Morgan fingerprint density at radius 1 is 1.44 bits per heavy atom. The monoisotopic (exact) mass is 253 g/mol. The van der Waals surface area contributed by atoms with Crippen molar-refractivity contribution < 1.29 is 0 Å². The second kappa shape index (κ2) is 4.59. The van der Waals surface area contributed by atoms with Crippen molar-refractivity contribution in [1.82, 2.24) is 9.97 Å². The number of nitrogen functional groups attached to an aromatic ring is 1. The van der Waals surface area contributed by atoms with Crippen molar-refractivity contribution >= 4 is 39.3 Å². The Morgan fingerprint density at radius 3 is 2.88 bits per heavy atom. The van der Waals surface area contributed by atoms with E-state index in [1.54, 1.807) is 23.1 Å². The van der Waals surface area contributed by atoms with Gasteiger partial charge in [0.2, 0.25) is 5.95 Å². The largest absolute Gasteiger partial charge is 0.368 e. The number of thiophene rings is 1. The molecule has 0 amide bonds. The molecule has 2 N–H and O–H groups in total. The standard InChI is InChI=1S/C11H15N3S2/c1-6(2)5-15-9-8-4-7(3)16-10(8)14-11(12)13-9/h4,6H,5H2,1-3H3,(H2,12,13,14). The minimum absolute atomic E-state index is 0.376. The second-order valence-corrected chi connectivity index (χ2v) is 6.41. The van der Waals surface area contributed by atoms with Gasteiger partial charge in [-0.25, -0.2) is 9.97 Å². The highest BCUT2D eigenvalue weighted by Gasteiger charge is 2.10. The average molecular weight is 253 g/mol. The van der Waals surface area contributed by atoms with Crippen molar-refractivity contribution in [1.29, 1.82) is 0 Å². The molecule has 0 spiro atoms. The van der Waals surface area contributed by atoms with Crippen LogP contribution in [0.5, 0.6) is 0 Å². The molecule has 2 heterocycles. The van der Waals surface area contributed by atoms with Gasteiger partial charge in [-0.15, -0.1) is 23.1 Å². The van der Waals surface area contributed by atoms with Crippen LogP contribution in [0.25, 0.3) is 10.2 Å². The maximum Gasteiger partial charge on any atom is 0.222 e. The van der Waals surface area contributed by atoms with Crippen molar-refractivity contribution in [3.63, 3.8) is 0 Å². The van der Waals surface area contributed by atoms with Crippen LogP contribution in [-0.4, -0.2) is 15.7 Å². The first-order valence-corrected chi connectivity index (χ1v) is 7.03. The molecule has 2 aromatic heterocycles. The molecule has 2 rings (SSSR count). The average Bonchev–Trinajstić information content (AvgIpc) is 2.54. The summed E-state index contributed by atoms with van der Waals surface area (Å²) in [5.41, 5.74) is 5.71. The number of aryl methyl sites for hydroxylation is 1. The smallest absolute Gasteiger partial charge is 0.222 e. The van der Waals surface area contributed by atoms with Gasteiger partial charge in [0.25, 0.3) is 0 Å². The minimum Gasteiger partial charge on any atom is -0.368 e. The van der Waals surface area contributed by atoms with Gasteiger partial charge < -0.3 is 5.73 Å². The predicted molar refractivity (Wildman–Crippen MR) is 72.1 cm³/mol. The Balaban J connectivity index is 2.41. The number of fused-ring (bicyclic) bond motifs is 1. The van der Waals surface area contributed by atoms with E-state index in [1.165, 1.54) is 4.88 Å². The molecule has 0 saturated heterocycles. The van der Waals surface area contributed by atoms with Crippen LogP contribution >= 0.6 is 23.1 Å². The van der Waals surface area contributed by atoms with E-state index in [2.05, 4.69) is 36.8 Å². The molecule has 5 heteroatoms. The molecule has 0 atom stereocenters. The molecule has 0 saturated carbocycles. The number of hydrogen-bond acceptors (Lipinski definition) is 5. The molecular weight excluding hydrogens is 238 g/mol. The molecule has 3 nitrogen and oxygen atoms in total. The summed E-state index contributed by atoms with van der Waals surface area (Å²) in [5, 5.41) is 2.16. The van der Waals surface area contributed by atoms with E-state index in [9.17, 15) is 0 Å². The molecule has 0 fully saturated rings. The molecule has 86 valence electrons.